The molecule has 7 nitrogen and oxygen atoms in total. The molecule has 0 spiro atoms. The Morgan fingerprint density at radius 1 is 1.21 bits per heavy atom. The van der Waals surface area contributed by atoms with Gasteiger partial charge in [0.1, 0.15) is 23.6 Å². The minimum absolute atomic E-state index is 0. The second-order valence-electron chi connectivity index (χ2n) is 8.04. The van der Waals surface area contributed by atoms with E-state index < -0.39 is 33.6 Å². The molecule has 3 atom stereocenters. The fourth-order valence-corrected chi connectivity index (χ4v) is 4.95. The Labute approximate surface area is 193 Å². The topological polar surface area (TPSA) is 83.6 Å². The highest BCUT2D eigenvalue weighted by atomic mass is 32.2. The van der Waals surface area contributed by atoms with Crippen molar-refractivity contribution in [2.45, 2.75) is 51.9 Å². The van der Waals surface area contributed by atoms with Crippen molar-refractivity contribution in [1.82, 2.24) is 20.1 Å². The molecule has 2 aliphatic rings. The average molecular weight is 489 g/mol. The quantitative estimate of drug-likeness (QED) is 0.669. The van der Waals surface area contributed by atoms with Gasteiger partial charge >= 0.3 is 0 Å². The van der Waals surface area contributed by atoms with Gasteiger partial charge in [-0.3, -0.25) is 14.7 Å². The Hall–Kier alpha value is -2.05. The third kappa shape index (κ3) is 6.10. The highest BCUT2D eigenvalue weighted by molar-refractivity contribution is 7.88. The number of hydroxylamine groups is 1. The van der Waals surface area contributed by atoms with Crippen molar-refractivity contribution >= 4 is 10.0 Å². The van der Waals surface area contributed by atoms with Crippen LogP contribution < -0.4 is 10.2 Å². The van der Waals surface area contributed by atoms with Crippen LogP contribution in [0.25, 0.3) is 11.1 Å². The molecule has 2 saturated heterocycles. The van der Waals surface area contributed by atoms with Gasteiger partial charge in [0, 0.05) is 50.9 Å². The van der Waals surface area contributed by atoms with Gasteiger partial charge in [-0.15, -0.1) is 0 Å². The van der Waals surface area contributed by atoms with E-state index in [1.807, 2.05) is 13.8 Å². The molecule has 0 bridgehead atoms. The minimum Gasteiger partial charge on any atom is -0.290 e. The van der Waals surface area contributed by atoms with Crippen LogP contribution in [0.4, 0.5) is 13.2 Å². The molecular weight excluding hydrogens is 457 g/mol. The van der Waals surface area contributed by atoms with E-state index in [4.69, 9.17) is 4.84 Å². The van der Waals surface area contributed by atoms with Crippen LogP contribution in [-0.4, -0.2) is 49.9 Å². The molecule has 0 saturated carbocycles. The van der Waals surface area contributed by atoms with Gasteiger partial charge in [-0.05, 0) is 25.0 Å². The number of aryl methyl sites for hydroxylation is 1. The molecule has 2 aliphatic heterocycles. The Morgan fingerprint density at radius 3 is 2.52 bits per heavy atom. The van der Waals surface area contributed by atoms with Crippen molar-refractivity contribution in [2.24, 2.45) is 0 Å². The van der Waals surface area contributed by atoms with Crippen LogP contribution >= 0.6 is 0 Å². The number of nitrogens with zero attached hydrogens (tertiary/aromatic N) is 2. The molecule has 1 unspecified atom stereocenters. The monoisotopic (exact) mass is 488 g/mol. The number of nitrogens with one attached hydrogen (secondary N) is 2. The summed E-state index contributed by atoms with van der Waals surface area (Å²) in [5.41, 5.74) is 3.82. The maximum absolute atomic E-state index is 14.5. The van der Waals surface area contributed by atoms with Gasteiger partial charge in [0.2, 0.25) is 10.0 Å². The molecule has 3 heterocycles. The molecule has 4 rings (SSSR count). The lowest BCUT2D eigenvalue weighted by molar-refractivity contribution is 0.00596. The van der Waals surface area contributed by atoms with Crippen LogP contribution in [-0.2, 0) is 14.9 Å². The second kappa shape index (κ2) is 10.5. The van der Waals surface area contributed by atoms with Crippen molar-refractivity contribution in [2.75, 3.05) is 19.3 Å². The lowest BCUT2D eigenvalue weighted by atomic mass is 9.97. The van der Waals surface area contributed by atoms with E-state index in [0.717, 1.165) is 6.26 Å². The van der Waals surface area contributed by atoms with Gasteiger partial charge in [0.25, 0.3) is 0 Å². The smallest absolute Gasteiger partial charge is 0.208 e. The van der Waals surface area contributed by atoms with Crippen LogP contribution in [0.1, 0.15) is 45.5 Å². The van der Waals surface area contributed by atoms with Crippen LogP contribution in [0, 0.1) is 24.4 Å². The van der Waals surface area contributed by atoms with E-state index in [1.54, 1.807) is 19.2 Å². The van der Waals surface area contributed by atoms with Gasteiger partial charge in [0.05, 0.1) is 23.7 Å². The maximum Gasteiger partial charge on any atom is 0.208 e. The SMILES string of the molecule is CC.Cc1cnc([C@@H]2CC(N3CC[C@H](NS(C)(=O)=O)C3)NO2)c(-c2c(F)cc(F)cc2F)c1.[HH]. The molecule has 2 N–H and O–H groups in total. The number of hydrogen-bond donors (Lipinski definition) is 2. The number of rotatable bonds is 5. The molecule has 2 fully saturated rings. The first-order valence-electron chi connectivity index (χ1n) is 10.8. The van der Waals surface area contributed by atoms with Gasteiger partial charge in [0.15, 0.2) is 0 Å². The van der Waals surface area contributed by atoms with Gasteiger partial charge < -0.3 is 0 Å². The number of aromatic nitrogens is 1. The predicted molar refractivity (Wildman–Crippen MR) is 121 cm³/mol. The van der Waals surface area contributed by atoms with Crippen molar-refractivity contribution in [3.05, 3.63) is 53.1 Å². The fraction of sp³-hybridized carbons (Fsp3) is 0.500. The maximum atomic E-state index is 14.5. The molecule has 1 aromatic carbocycles. The summed E-state index contributed by atoms with van der Waals surface area (Å²) in [5.74, 6) is -3.02. The van der Waals surface area contributed by atoms with Crippen LogP contribution in [0.3, 0.4) is 0 Å². The van der Waals surface area contributed by atoms with Crippen LogP contribution in [0.15, 0.2) is 24.4 Å². The average Bonchev–Trinajstić information content (AvgIpc) is 3.37. The third-order valence-corrected chi connectivity index (χ3v) is 6.22. The van der Waals surface area contributed by atoms with Crippen molar-refractivity contribution in [1.29, 1.82) is 0 Å². The lowest BCUT2D eigenvalue weighted by Gasteiger charge is -2.22. The Kier molecular flexibility index (Phi) is 8.12. The van der Waals surface area contributed by atoms with Crippen molar-refractivity contribution < 1.29 is 27.9 Å². The van der Waals surface area contributed by atoms with E-state index in [0.29, 0.717) is 49.3 Å². The standard InChI is InChI=1S/C20H23F3N4O3S.C2H6.H2/c1-11-5-14(19-15(22)6-12(21)7-16(19)23)20(24-9-11)17-8-18(25-30-17)27-4-3-13(10-27)26-31(2,28)29;1-2;/h5-7,9,13,17-18,25-26H,3-4,8,10H2,1-2H3;1-2H3;1H/t13-,17-,18?;;/m0../s1. The first kappa shape index (κ1) is 25.6. The zero-order valence-electron chi connectivity index (χ0n) is 19.0. The summed E-state index contributed by atoms with van der Waals surface area (Å²) in [7, 11) is -3.30. The number of halogens is 3. The fourth-order valence-electron chi connectivity index (χ4n) is 4.16. The molecule has 0 radical (unpaired) electrons. The van der Waals surface area contributed by atoms with E-state index in [9.17, 15) is 21.6 Å². The molecule has 1 aromatic heterocycles. The second-order valence-corrected chi connectivity index (χ2v) is 9.82. The summed E-state index contributed by atoms with van der Waals surface area (Å²) in [6, 6.07) is 2.69. The summed E-state index contributed by atoms with van der Waals surface area (Å²) in [5, 5.41) is 0. The number of benzene rings is 1. The predicted octanol–water partition coefficient (Wildman–Crippen LogP) is 3.66. The molecule has 184 valence electrons. The van der Waals surface area contributed by atoms with Crippen molar-refractivity contribution in [3.63, 3.8) is 0 Å². The summed E-state index contributed by atoms with van der Waals surface area (Å²) in [6.07, 6.45) is 3.01. The van der Waals surface area contributed by atoms with Gasteiger partial charge in [-0.1, -0.05) is 13.8 Å². The molecular formula is C22H31F3N4O3S. The summed E-state index contributed by atoms with van der Waals surface area (Å²) < 4.78 is 67.9. The summed E-state index contributed by atoms with van der Waals surface area (Å²) in [6.45, 7) is 6.92. The number of sulfonamides is 1. The Bertz CT molecular complexity index is 1080. The number of likely N-dealkylation sites (tertiary alicyclic amines) is 1. The van der Waals surface area contributed by atoms with E-state index in [1.165, 1.54) is 0 Å². The van der Waals surface area contributed by atoms with E-state index >= 15 is 0 Å². The highest BCUT2D eigenvalue weighted by Gasteiger charge is 2.37. The Balaban J connectivity index is 0.00000133. The van der Waals surface area contributed by atoms with E-state index in [2.05, 4.69) is 20.1 Å². The molecule has 2 aromatic rings. The first-order valence-corrected chi connectivity index (χ1v) is 12.7. The minimum atomic E-state index is -3.30. The van der Waals surface area contributed by atoms with Crippen LogP contribution in [0.5, 0.6) is 0 Å². The van der Waals surface area contributed by atoms with Gasteiger partial charge in [-0.2, -0.15) is 5.48 Å². The van der Waals surface area contributed by atoms with Crippen molar-refractivity contribution in [3.8, 4) is 11.1 Å². The molecule has 0 aliphatic carbocycles. The zero-order valence-corrected chi connectivity index (χ0v) is 19.8. The Morgan fingerprint density at radius 2 is 1.88 bits per heavy atom. The summed E-state index contributed by atoms with van der Waals surface area (Å²) in [4.78, 5) is 12.1. The molecule has 0 amide bonds. The normalized spacial score (nSPS) is 23.4. The highest BCUT2D eigenvalue weighted by Crippen LogP contribution is 2.37. The largest absolute Gasteiger partial charge is 0.290 e. The third-order valence-electron chi connectivity index (χ3n) is 5.46. The lowest BCUT2D eigenvalue weighted by Crippen LogP contribution is -2.42. The van der Waals surface area contributed by atoms with Gasteiger partial charge in [-0.25, -0.2) is 26.3 Å². The van der Waals surface area contributed by atoms with Crippen LogP contribution in [0.2, 0.25) is 0 Å². The number of pyridine rings is 1. The summed E-state index contributed by atoms with van der Waals surface area (Å²) >= 11 is 0. The first-order chi connectivity index (χ1) is 15.6. The van der Waals surface area contributed by atoms with E-state index in [-0.39, 0.29) is 24.8 Å². The molecule has 33 heavy (non-hydrogen) atoms. The number of hydrogen-bond acceptors (Lipinski definition) is 6. The zero-order chi connectivity index (χ0) is 24.3. The molecule has 11 heteroatoms.